The van der Waals surface area contributed by atoms with Gasteiger partial charge in [0.1, 0.15) is 6.61 Å². The molecule has 3 fully saturated rings. The van der Waals surface area contributed by atoms with Gasteiger partial charge in [-0.1, -0.05) is 6.92 Å². The van der Waals surface area contributed by atoms with Gasteiger partial charge in [-0.15, -0.1) is 0 Å². The Morgan fingerprint density at radius 1 is 1.22 bits per heavy atom. The molecule has 0 N–H and O–H groups in total. The van der Waals surface area contributed by atoms with Crippen LogP contribution in [0.4, 0.5) is 0 Å². The highest BCUT2D eigenvalue weighted by Gasteiger charge is 2.51. The fourth-order valence-electron chi connectivity index (χ4n) is 1.79. The number of fused-ring (bicyclic) bond motifs is 3. The molecule has 2 bridgehead atoms. The smallest absolute Gasteiger partial charge is 0.311 e. The van der Waals surface area contributed by atoms with Gasteiger partial charge >= 0.3 is 5.97 Å². The molecule has 0 saturated carbocycles. The Kier molecular flexibility index (Phi) is 3.42. The number of carbonyl (C=O) groups is 1. The van der Waals surface area contributed by atoms with E-state index in [1.165, 1.54) is 0 Å². The van der Waals surface area contributed by atoms with Crippen molar-refractivity contribution in [1.29, 1.82) is 0 Å². The molecule has 0 spiro atoms. The van der Waals surface area contributed by atoms with Crippen LogP contribution in [0, 0.1) is 10.8 Å². The summed E-state index contributed by atoms with van der Waals surface area (Å²) < 4.78 is 21.8. The van der Waals surface area contributed by atoms with Crippen molar-refractivity contribution in [2.24, 2.45) is 10.8 Å². The van der Waals surface area contributed by atoms with Crippen molar-refractivity contribution in [1.82, 2.24) is 0 Å². The van der Waals surface area contributed by atoms with Gasteiger partial charge < -0.3 is 18.9 Å². The summed E-state index contributed by atoms with van der Waals surface area (Å²) in [6.45, 7) is 9.29. The molecule has 3 aliphatic heterocycles. The molecule has 0 aromatic rings. The number of hydrogen-bond acceptors (Lipinski definition) is 5. The average Bonchev–Trinajstić information content (AvgIpc) is 2.38. The fourth-order valence-corrected chi connectivity index (χ4v) is 1.79. The van der Waals surface area contributed by atoms with Gasteiger partial charge in [0.15, 0.2) is 0 Å². The van der Waals surface area contributed by atoms with Crippen LogP contribution < -0.4 is 0 Å². The van der Waals surface area contributed by atoms with Crippen molar-refractivity contribution >= 4 is 5.97 Å². The van der Waals surface area contributed by atoms with E-state index in [9.17, 15) is 4.79 Å². The van der Waals surface area contributed by atoms with Gasteiger partial charge in [0.05, 0.1) is 30.7 Å². The Morgan fingerprint density at radius 2 is 1.72 bits per heavy atom. The number of ether oxygens (including phenoxy) is 4. The predicted molar refractivity (Wildman–Crippen MR) is 63.7 cm³/mol. The number of esters is 1. The van der Waals surface area contributed by atoms with Crippen LogP contribution >= 0.6 is 0 Å². The van der Waals surface area contributed by atoms with E-state index in [1.54, 1.807) is 6.92 Å². The summed E-state index contributed by atoms with van der Waals surface area (Å²) in [5, 5.41) is 0. The minimum Gasteiger partial charge on any atom is -0.464 e. The highest BCUT2D eigenvalue weighted by atomic mass is 16.9. The predicted octanol–water partition coefficient (Wildman–Crippen LogP) is 1.70. The highest BCUT2D eigenvalue weighted by Crippen LogP contribution is 2.38. The van der Waals surface area contributed by atoms with Gasteiger partial charge in [-0.05, 0) is 20.3 Å². The van der Waals surface area contributed by atoms with Crippen LogP contribution in [0.3, 0.4) is 0 Å². The molecule has 0 aliphatic carbocycles. The molecule has 3 aliphatic rings. The van der Waals surface area contributed by atoms with E-state index in [2.05, 4.69) is 0 Å². The zero-order valence-electron chi connectivity index (χ0n) is 11.6. The lowest BCUT2D eigenvalue weighted by Gasteiger charge is -2.50. The molecule has 104 valence electrons. The fraction of sp³-hybridized carbons (Fsp3) is 0.923. The second kappa shape index (κ2) is 4.47. The lowest BCUT2D eigenvalue weighted by atomic mass is 9.88. The van der Waals surface area contributed by atoms with Gasteiger partial charge in [0.2, 0.25) is 0 Å². The molecule has 0 amide bonds. The van der Waals surface area contributed by atoms with E-state index < -0.39 is 11.4 Å². The molecule has 0 unspecified atom stereocenters. The van der Waals surface area contributed by atoms with Crippen molar-refractivity contribution in [2.75, 3.05) is 26.4 Å². The monoisotopic (exact) mass is 258 g/mol. The third-order valence-electron chi connectivity index (χ3n) is 3.87. The van der Waals surface area contributed by atoms with Crippen LogP contribution in [0.15, 0.2) is 0 Å². The number of carbonyl (C=O) groups excluding carboxylic acids is 1. The first kappa shape index (κ1) is 13.8. The second-order valence-corrected chi connectivity index (χ2v) is 6.04. The zero-order valence-corrected chi connectivity index (χ0v) is 11.6. The molecule has 5 nitrogen and oxygen atoms in total. The van der Waals surface area contributed by atoms with E-state index in [0.717, 1.165) is 6.42 Å². The van der Waals surface area contributed by atoms with Gasteiger partial charge in [-0.3, -0.25) is 4.79 Å². The minimum atomic E-state index is -0.908. The zero-order chi connectivity index (χ0) is 13.4. The maximum Gasteiger partial charge on any atom is 0.311 e. The standard InChI is InChI=1S/C13H22O5/c1-5-11(2,3)10(14)15-6-13-7-16-12(4,17-8-13)18-9-13/h5-9H2,1-4H3. The van der Waals surface area contributed by atoms with Crippen LogP contribution in [-0.2, 0) is 23.7 Å². The molecule has 3 saturated heterocycles. The third kappa shape index (κ3) is 2.53. The van der Waals surface area contributed by atoms with Crippen LogP contribution in [0.1, 0.15) is 34.1 Å². The summed E-state index contributed by atoms with van der Waals surface area (Å²) in [5.74, 6) is -1.09. The third-order valence-corrected chi connectivity index (χ3v) is 3.87. The quantitative estimate of drug-likeness (QED) is 0.718. The normalized spacial score (nSPS) is 35.6. The molecule has 3 rings (SSSR count). The Hall–Kier alpha value is -0.650. The maximum absolute atomic E-state index is 11.9. The molecule has 0 aromatic carbocycles. The topological polar surface area (TPSA) is 54.0 Å². The Labute approximate surface area is 108 Å². The van der Waals surface area contributed by atoms with Crippen LogP contribution in [0.5, 0.6) is 0 Å². The Balaban J connectivity index is 1.89. The van der Waals surface area contributed by atoms with Crippen LogP contribution in [0.2, 0.25) is 0 Å². The molecular weight excluding hydrogens is 236 g/mol. The van der Waals surface area contributed by atoms with Gasteiger partial charge in [-0.25, -0.2) is 0 Å². The van der Waals surface area contributed by atoms with Gasteiger partial charge in [-0.2, -0.15) is 0 Å². The van der Waals surface area contributed by atoms with Crippen molar-refractivity contribution in [2.45, 2.75) is 40.1 Å². The molecule has 0 atom stereocenters. The summed E-state index contributed by atoms with van der Waals surface area (Å²) >= 11 is 0. The molecule has 0 radical (unpaired) electrons. The van der Waals surface area contributed by atoms with E-state index in [-0.39, 0.29) is 18.0 Å². The van der Waals surface area contributed by atoms with Gasteiger partial charge in [0.25, 0.3) is 5.97 Å². The van der Waals surface area contributed by atoms with Crippen molar-refractivity contribution in [3.05, 3.63) is 0 Å². The Morgan fingerprint density at radius 3 is 2.17 bits per heavy atom. The lowest BCUT2D eigenvalue weighted by Crippen LogP contribution is -2.60. The largest absolute Gasteiger partial charge is 0.464 e. The van der Waals surface area contributed by atoms with E-state index in [0.29, 0.717) is 19.8 Å². The second-order valence-electron chi connectivity index (χ2n) is 6.04. The van der Waals surface area contributed by atoms with E-state index in [1.807, 2.05) is 20.8 Å². The highest BCUT2D eigenvalue weighted by molar-refractivity contribution is 5.75. The number of rotatable bonds is 4. The molecule has 18 heavy (non-hydrogen) atoms. The first-order valence-corrected chi connectivity index (χ1v) is 6.40. The molecular formula is C13H22O5. The van der Waals surface area contributed by atoms with E-state index in [4.69, 9.17) is 18.9 Å². The van der Waals surface area contributed by atoms with E-state index >= 15 is 0 Å². The van der Waals surface area contributed by atoms with Crippen molar-refractivity contribution in [3.8, 4) is 0 Å². The summed E-state index contributed by atoms with van der Waals surface area (Å²) in [4.78, 5) is 11.9. The minimum absolute atomic E-state index is 0.182. The van der Waals surface area contributed by atoms with Crippen LogP contribution in [-0.4, -0.2) is 38.4 Å². The SMILES string of the molecule is CCC(C)(C)C(=O)OCC12COC(C)(OC1)OC2. The Bertz CT molecular complexity index is 312. The first-order chi connectivity index (χ1) is 8.31. The summed E-state index contributed by atoms with van der Waals surface area (Å²) in [5.41, 5.74) is -0.797. The van der Waals surface area contributed by atoms with Crippen LogP contribution in [0.25, 0.3) is 0 Å². The molecule has 5 heteroatoms. The van der Waals surface area contributed by atoms with Crippen molar-refractivity contribution in [3.63, 3.8) is 0 Å². The molecule has 3 heterocycles. The first-order valence-electron chi connectivity index (χ1n) is 6.40. The van der Waals surface area contributed by atoms with Gasteiger partial charge in [0, 0.05) is 6.92 Å². The summed E-state index contributed by atoms with van der Waals surface area (Å²) in [7, 11) is 0. The summed E-state index contributed by atoms with van der Waals surface area (Å²) in [6.07, 6.45) is 0.750. The average molecular weight is 258 g/mol. The molecule has 0 aromatic heterocycles. The van der Waals surface area contributed by atoms with Crippen molar-refractivity contribution < 1.29 is 23.7 Å². The lowest BCUT2D eigenvalue weighted by molar-refractivity contribution is -0.461. The number of hydrogen-bond donors (Lipinski definition) is 0. The summed E-state index contributed by atoms with van der Waals surface area (Å²) in [6, 6.07) is 0. The maximum atomic E-state index is 11.9.